The van der Waals surface area contributed by atoms with E-state index in [9.17, 15) is 4.79 Å². The molecule has 2 N–H and O–H groups in total. The normalized spacial score (nSPS) is 13.5. The van der Waals surface area contributed by atoms with Crippen molar-refractivity contribution in [1.29, 1.82) is 0 Å². The molecular formula is C27H40N2O2. The monoisotopic (exact) mass is 424 g/mol. The Morgan fingerprint density at radius 1 is 0.871 bits per heavy atom. The van der Waals surface area contributed by atoms with Crippen molar-refractivity contribution in [2.45, 2.75) is 71.1 Å². The van der Waals surface area contributed by atoms with Crippen LogP contribution < -0.4 is 5.48 Å². The molecule has 4 heteroatoms. The fourth-order valence-electron chi connectivity index (χ4n) is 3.95. The van der Waals surface area contributed by atoms with Crippen molar-refractivity contribution < 1.29 is 10.0 Å². The number of likely N-dealkylation sites (tertiary alicyclic amines) is 1. The quantitative estimate of drug-likeness (QED) is 0.255. The summed E-state index contributed by atoms with van der Waals surface area (Å²) >= 11 is 0. The maximum atomic E-state index is 10.5. The van der Waals surface area contributed by atoms with Crippen LogP contribution in [-0.4, -0.2) is 35.6 Å². The highest BCUT2D eigenvalue weighted by Crippen LogP contribution is 2.20. The number of benzene rings is 2. The second kappa shape index (κ2) is 15.6. The molecule has 0 atom stereocenters. The third-order valence-electron chi connectivity index (χ3n) is 5.83. The van der Waals surface area contributed by atoms with E-state index in [2.05, 4.69) is 66.4 Å². The molecule has 0 aromatic heterocycles. The highest BCUT2D eigenvalue weighted by molar-refractivity contribution is 5.74. The van der Waals surface area contributed by atoms with Crippen molar-refractivity contribution in [3.05, 3.63) is 60.2 Å². The lowest BCUT2D eigenvalue weighted by atomic mass is 10.0. The number of aryl methyl sites for hydroxylation is 1. The minimum absolute atomic E-state index is 0.276. The Balaban J connectivity index is 0.000000267. The van der Waals surface area contributed by atoms with Gasteiger partial charge >= 0.3 is 0 Å². The summed E-state index contributed by atoms with van der Waals surface area (Å²) in [4.78, 5) is 13.1. The predicted octanol–water partition coefficient (Wildman–Crippen LogP) is 6.23. The van der Waals surface area contributed by atoms with Gasteiger partial charge in [0.2, 0.25) is 5.91 Å². The molecule has 0 unspecified atom stereocenters. The van der Waals surface area contributed by atoms with Gasteiger partial charge in [0, 0.05) is 6.42 Å². The van der Waals surface area contributed by atoms with Gasteiger partial charge in [-0.2, -0.15) is 0 Å². The van der Waals surface area contributed by atoms with E-state index < -0.39 is 0 Å². The average molecular weight is 425 g/mol. The lowest BCUT2D eigenvalue weighted by molar-refractivity contribution is -0.129. The van der Waals surface area contributed by atoms with Crippen LogP contribution in [-0.2, 0) is 11.2 Å². The van der Waals surface area contributed by atoms with Gasteiger partial charge in [0.15, 0.2) is 0 Å². The first-order valence-corrected chi connectivity index (χ1v) is 12.0. The van der Waals surface area contributed by atoms with Gasteiger partial charge in [-0.3, -0.25) is 10.0 Å². The second-order valence-electron chi connectivity index (χ2n) is 8.41. The van der Waals surface area contributed by atoms with Crippen molar-refractivity contribution in [2.24, 2.45) is 0 Å². The summed E-state index contributed by atoms with van der Waals surface area (Å²) in [5.41, 5.74) is 5.69. The Labute approximate surface area is 188 Å². The van der Waals surface area contributed by atoms with E-state index in [0.29, 0.717) is 6.42 Å². The minimum atomic E-state index is -0.276. The van der Waals surface area contributed by atoms with Gasteiger partial charge in [-0.15, -0.1) is 0 Å². The smallest absolute Gasteiger partial charge is 0.243 e. The molecule has 0 saturated carbocycles. The summed E-state index contributed by atoms with van der Waals surface area (Å²) in [5, 5.41) is 8.14. The van der Waals surface area contributed by atoms with E-state index in [-0.39, 0.29) is 5.91 Å². The number of hydrogen-bond acceptors (Lipinski definition) is 3. The van der Waals surface area contributed by atoms with Crippen molar-refractivity contribution in [2.75, 3.05) is 19.6 Å². The highest BCUT2D eigenvalue weighted by atomic mass is 16.5. The maximum Gasteiger partial charge on any atom is 0.243 e. The number of nitrogens with one attached hydrogen (secondary N) is 1. The zero-order chi connectivity index (χ0) is 22.2. The summed E-state index contributed by atoms with van der Waals surface area (Å²) < 4.78 is 0. The maximum absolute atomic E-state index is 10.5. The van der Waals surface area contributed by atoms with E-state index >= 15 is 0 Å². The number of hydrogen-bond donors (Lipinski definition) is 2. The second-order valence-corrected chi connectivity index (χ2v) is 8.41. The third-order valence-corrected chi connectivity index (χ3v) is 5.83. The van der Waals surface area contributed by atoms with Crippen LogP contribution in [0.3, 0.4) is 0 Å². The van der Waals surface area contributed by atoms with E-state index in [4.69, 9.17) is 5.21 Å². The Hall–Kier alpha value is -2.17. The molecule has 2 aromatic carbocycles. The summed E-state index contributed by atoms with van der Waals surface area (Å²) in [6.07, 6.45) is 11.3. The van der Waals surface area contributed by atoms with Gasteiger partial charge in [-0.05, 0) is 68.4 Å². The van der Waals surface area contributed by atoms with Crippen LogP contribution >= 0.6 is 0 Å². The molecule has 4 nitrogen and oxygen atoms in total. The first kappa shape index (κ1) is 25.1. The van der Waals surface area contributed by atoms with E-state index in [1.54, 1.807) is 5.48 Å². The molecule has 0 spiro atoms. The molecule has 0 bridgehead atoms. The van der Waals surface area contributed by atoms with Crippen LogP contribution in [0.4, 0.5) is 0 Å². The number of nitrogens with zero attached hydrogens (tertiary/aromatic N) is 1. The molecule has 1 aliphatic heterocycles. The number of hydroxylamine groups is 1. The van der Waals surface area contributed by atoms with Gasteiger partial charge in [-0.1, -0.05) is 87.2 Å². The predicted molar refractivity (Wildman–Crippen MR) is 129 cm³/mol. The summed E-state index contributed by atoms with van der Waals surface area (Å²) in [6.45, 7) is 6.04. The fraction of sp³-hybridized carbons (Fsp3) is 0.519. The molecule has 2 aromatic rings. The molecule has 1 amide bonds. The molecule has 3 rings (SSSR count). The van der Waals surface area contributed by atoms with Crippen LogP contribution in [0.5, 0.6) is 0 Å². The van der Waals surface area contributed by atoms with Crippen molar-refractivity contribution in [3.8, 4) is 11.1 Å². The molecule has 1 heterocycles. The average Bonchev–Trinajstić information content (AvgIpc) is 3.34. The Morgan fingerprint density at radius 3 is 2.16 bits per heavy atom. The Bertz CT molecular complexity index is 710. The largest absolute Gasteiger partial charge is 0.303 e. The molecule has 31 heavy (non-hydrogen) atoms. The third kappa shape index (κ3) is 10.6. The first-order valence-electron chi connectivity index (χ1n) is 12.0. The van der Waals surface area contributed by atoms with Crippen molar-refractivity contribution >= 4 is 5.91 Å². The number of amides is 1. The molecule has 1 aliphatic rings. The number of unbranched alkanes of at least 4 members (excludes halogenated alkanes) is 4. The molecule has 170 valence electrons. The lowest BCUT2D eigenvalue weighted by Crippen LogP contribution is -2.20. The summed E-state index contributed by atoms with van der Waals surface area (Å²) in [7, 11) is 0. The summed E-state index contributed by atoms with van der Waals surface area (Å²) in [6, 6.07) is 19.7. The van der Waals surface area contributed by atoms with Crippen LogP contribution in [0.2, 0.25) is 0 Å². The molecule has 1 fully saturated rings. The van der Waals surface area contributed by atoms with Crippen LogP contribution in [0.15, 0.2) is 54.6 Å². The van der Waals surface area contributed by atoms with Crippen LogP contribution in [0.1, 0.15) is 70.3 Å². The van der Waals surface area contributed by atoms with Gasteiger partial charge in [0.25, 0.3) is 0 Å². The zero-order valence-electron chi connectivity index (χ0n) is 19.2. The molecule has 1 saturated heterocycles. The summed E-state index contributed by atoms with van der Waals surface area (Å²) in [5.74, 6) is -0.276. The number of rotatable bonds is 11. The topological polar surface area (TPSA) is 52.6 Å². The van der Waals surface area contributed by atoms with Gasteiger partial charge in [0.05, 0.1) is 0 Å². The first-order chi connectivity index (χ1) is 15.2. The van der Waals surface area contributed by atoms with E-state index in [1.807, 2.05) is 0 Å². The van der Waals surface area contributed by atoms with Gasteiger partial charge in [0.1, 0.15) is 0 Å². The van der Waals surface area contributed by atoms with Crippen LogP contribution in [0, 0.1) is 0 Å². The molecule has 0 aliphatic carbocycles. The fourth-order valence-corrected chi connectivity index (χ4v) is 3.95. The lowest BCUT2D eigenvalue weighted by Gasteiger charge is -2.14. The standard InChI is InChI=1S/C19H23N.C8H17NO2/c1-2-8-18(9-3-1)19-12-10-17(11-13-19)7-6-16-20-14-4-5-15-20;1-2-3-4-5-6-7-8(10)9-11/h1-3,8-13H,4-7,14-16H2;11H,2-7H2,1H3,(H,9,10). The minimum Gasteiger partial charge on any atom is -0.303 e. The zero-order valence-corrected chi connectivity index (χ0v) is 19.2. The van der Waals surface area contributed by atoms with Gasteiger partial charge < -0.3 is 4.90 Å². The Morgan fingerprint density at radius 2 is 1.52 bits per heavy atom. The van der Waals surface area contributed by atoms with E-state index in [1.165, 1.54) is 81.3 Å². The molecular weight excluding hydrogens is 384 g/mol. The van der Waals surface area contributed by atoms with Gasteiger partial charge in [-0.25, -0.2) is 5.48 Å². The van der Waals surface area contributed by atoms with E-state index in [0.717, 1.165) is 12.8 Å². The number of carbonyl (C=O) groups excluding carboxylic acids is 1. The van der Waals surface area contributed by atoms with Crippen LogP contribution in [0.25, 0.3) is 11.1 Å². The Kier molecular flexibility index (Phi) is 12.6. The highest BCUT2D eigenvalue weighted by Gasteiger charge is 2.10. The number of carbonyl (C=O) groups is 1. The molecule has 0 radical (unpaired) electrons. The SMILES string of the molecule is CCCCCCCC(=O)NO.c1ccc(-c2ccc(CCCN3CCCC3)cc2)cc1. The van der Waals surface area contributed by atoms with Crippen molar-refractivity contribution in [1.82, 2.24) is 10.4 Å². The van der Waals surface area contributed by atoms with Crippen molar-refractivity contribution in [3.63, 3.8) is 0 Å².